The monoisotopic (exact) mass is 99.1 g/mol. The molecule has 1 nitrogen and oxygen atoms in total. The van der Waals surface area contributed by atoms with Crippen molar-refractivity contribution in [2.24, 2.45) is 0 Å². The molecule has 0 unspecified atom stereocenters. The van der Waals surface area contributed by atoms with E-state index in [0.29, 0.717) is 12.2 Å². The maximum atomic E-state index is 5.05. The van der Waals surface area contributed by atoms with E-state index in [0.717, 1.165) is 0 Å². The van der Waals surface area contributed by atoms with Gasteiger partial charge in [0.2, 0.25) is 0 Å². The Labute approximate surface area is 44.7 Å². The Morgan fingerprint density at radius 1 is 1.71 bits per heavy atom. The highest BCUT2D eigenvalue weighted by atomic mass is 16.6. The topological polar surface area (TPSA) is 12.5 Å². The summed E-state index contributed by atoms with van der Waals surface area (Å²) in [6, 6.07) is 0. The zero-order valence-corrected chi connectivity index (χ0v) is 4.68. The summed E-state index contributed by atoms with van der Waals surface area (Å²) in [4.78, 5) is 0. The van der Waals surface area contributed by atoms with Gasteiger partial charge in [-0.3, -0.25) is 0 Å². The molecule has 41 valence electrons. The third-order valence-electron chi connectivity index (χ3n) is 1.26. The molecular weight excluding hydrogens is 88.1 g/mol. The summed E-state index contributed by atoms with van der Waals surface area (Å²) in [6.45, 7) is 5.89. The van der Waals surface area contributed by atoms with Crippen LogP contribution in [0.15, 0.2) is 0 Å². The predicted molar refractivity (Wildman–Crippen MR) is 28.9 cm³/mol. The van der Waals surface area contributed by atoms with E-state index in [4.69, 9.17) is 4.74 Å². The minimum absolute atomic E-state index is 0.319. The van der Waals surface area contributed by atoms with E-state index in [9.17, 15) is 0 Å². The first-order valence-electron chi connectivity index (χ1n) is 2.83. The lowest BCUT2D eigenvalue weighted by Crippen LogP contribution is -1.85. The smallest absolute Gasteiger partial charge is 0.0842 e. The first-order valence-corrected chi connectivity index (χ1v) is 2.83. The molecule has 1 rings (SSSR count). The molecule has 2 atom stereocenters. The van der Waals surface area contributed by atoms with Crippen LogP contribution in [0.4, 0.5) is 0 Å². The predicted octanol–water partition coefficient (Wildman–Crippen LogP) is 1.39. The van der Waals surface area contributed by atoms with Crippen molar-refractivity contribution in [3.8, 4) is 0 Å². The SMILES string of the molecule is [CH2][C@H]1O[C@@H]1CCC. The molecule has 0 spiro atoms. The van der Waals surface area contributed by atoms with Gasteiger partial charge in [-0.05, 0) is 13.3 Å². The fraction of sp³-hybridized carbons (Fsp3) is 0.833. The zero-order chi connectivity index (χ0) is 5.28. The lowest BCUT2D eigenvalue weighted by molar-refractivity contribution is 0.377. The average Bonchev–Trinajstić information content (AvgIpc) is 2.22. The van der Waals surface area contributed by atoms with E-state index in [2.05, 4.69) is 13.8 Å². The van der Waals surface area contributed by atoms with Crippen LogP contribution in [0.25, 0.3) is 0 Å². The zero-order valence-electron chi connectivity index (χ0n) is 4.68. The van der Waals surface area contributed by atoms with Gasteiger partial charge in [-0.15, -0.1) is 0 Å². The average molecular weight is 99.2 g/mol. The molecule has 0 amide bonds. The molecule has 0 aliphatic carbocycles. The number of ether oxygens (including phenoxy) is 1. The van der Waals surface area contributed by atoms with Gasteiger partial charge >= 0.3 is 0 Å². The Kier molecular flexibility index (Phi) is 1.33. The molecule has 7 heavy (non-hydrogen) atoms. The second kappa shape index (κ2) is 1.83. The number of hydrogen-bond acceptors (Lipinski definition) is 1. The summed E-state index contributed by atoms with van der Waals surface area (Å²) >= 11 is 0. The summed E-state index contributed by atoms with van der Waals surface area (Å²) in [5, 5.41) is 0. The molecule has 1 heterocycles. The quantitative estimate of drug-likeness (QED) is 0.476. The van der Waals surface area contributed by atoms with Crippen LogP contribution in [0.2, 0.25) is 0 Å². The van der Waals surface area contributed by atoms with Crippen molar-refractivity contribution in [2.45, 2.75) is 32.0 Å². The highest BCUT2D eigenvalue weighted by molar-refractivity contribution is 4.85. The van der Waals surface area contributed by atoms with Crippen LogP contribution in [0.1, 0.15) is 19.8 Å². The summed E-state index contributed by atoms with van der Waals surface area (Å²) in [6.07, 6.45) is 3.23. The Morgan fingerprint density at radius 2 is 2.29 bits per heavy atom. The molecule has 1 radical (unpaired) electrons. The minimum atomic E-state index is 0.319. The largest absolute Gasteiger partial charge is 0.370 e. The fourth-order valence-electron chi connectivity index (χ4n) is 0.718. The van der Waals surface area contributed by atoms with Gasteiger partial charge in [0.15, 0.2) is 0 Å². The third-order valence-corrected chi connectivity index (χ3v) is 1.26. The van der Waals surface area contributed by atoms with Crippen LogP contribution < -0.4 is 0 Å². The Hall–Kier alpha value is -0.0400. The van der Waals surface area contributed by atoms with Crippen molar-refractivity contribution < 1.29 is 4.74 Å². The van der Waals surface area contributed by atoms with E-state index >= 15 is 0 Å². The Morgan fingerprint density at radius 3 is 2.43 bits per heavy atom. The molecule has 1 fully saturated rings. The van der Waals surface area contributed by atoms with Gasteiger partial charge < -0.3 is 4.74 Å². The normalized spacial score (nSPS) is 38.6. The Balaban J connectivity index is 1.98. The number of rotatable bonds is 2. The molecule has 0 saturated carbocycles. The summed E-state index contributed by atoms with van der Waals surface area (Å²) < 4.78 is 5.05. The van der Waals surface area contributed by atoms with Gasteiger partial charge in [0.05, 0.1) is 12.2 Å². The van der Waals surface area contributed by atoms with Crippen molar-refractivity contribution in [3.63, 3.8) is 0 Å². The van der Waals surface area contributed by atoms with E-state index < -0.39 is 0 Å². The van der Waals surface area contributed by atoms with Crippen LogP contribution in [-0.2, 0) is 4.74 Å². The molecule has 1 heteroatoms. The maximum absolute atomic E-state index is 5.05. The standard InChI is InChI=1S/C6H11O/c1-3-4-6-5(2)7-6/h5-6H,2-4H2,1H3/t5-,6-/m1/s1. The van der Waals surface area contributed by atoms with Gasteiger partial charge in [-0.25, -0.2) is 0 Å². The molecule has 0 bridgehead atoms. The first kappa shape index (κ1) is 5.10. The van der Waals surface area contributed by atoms with E-state index in [-0.39, 0.29) is 0 Å². The van der Waals surface area contributed by atoms with Crippen LogP contribution in [0.3, 0.4) is 0 Å². The lowest BCUT2D eigenvalue weighted by atomic mass is 10.2. The van der Waals surface area contributed by atoms with Crippen LogP contribution in [-0.4, -0.2) is 12.2 Å². The van der Waals surface area contributed by atoms with Crippen molar-refractivity contribution >= 4 is 0 Å². The highest BCUT2D eigenvalue weighted by Gasteiger charge is 2.32. The van der Waals surface area contributed by atoms with Crippen molar-refractivity contribution in [2.75, 3.05) is 0 Å². The molecule has 0 N–H and O–H groups in total. The van der Waals surface area contributed by atoms with E-state index in [1.54, 1.807) is 0 Å². The molecule has 1 saturated heterocycles. The van der Waals surface area contributed by atoms with Crippen LogP contribution >= 0.6 is 0 Å². The van der Waals surface area contributed by atoms with Crippen molar-refractivity contribution in [3.05, 3.63) is 6.92 Å². The highest BCUT2D eigenvalue weighted by Crippen LogP contribution is 2.24. The first-order chi connectivity index (χ1) is 3.34. The molecule has 1 aliphatic rings. The van der Waals surface area contributed by atoms with Gasteiger partial charge in [0.1, 0.15) is 0 Å². The fourth-order valence-corrected chi connectivity index (χ4v) is 0.718. The third kappa shape index (κ3) is 1.16. The number of hydrogen-bond donors (Lipinski definition) is 0. The van der Waals surface area contributed by atoms with Gasteiger partial charge in [0.25, 0.3) is 0 Å². The minimum Gasteiger partial charge on any atom is -0.370 e. The molecule has 1 aliphatic heterocycles. The summed E-state index contributed by atoms with van der Waals surface area (Å²) in [7, 11) is 0. The van der Waals surface area contributed by atoms with Crippen molar-refractivity contribution in [1.29, 1.82) is 0 Å². The molecule has 0 aromatic carbocycles. The van der Waals surface area contributed by atoms with Gasteiger partial charge in [0, 0.05) is 0 Å². The van der Waals surface area contributed by atoms with Crippen LogP contribution in [0, 0.1) is 6.92 Å². The van der Waals surface area contributed by atoms with Crippen molar-refractivity contribution in [1.82, 2.24) is 0 Å². The molecular formula is C6H11O. The maximum Gasteiger partial charge on any atom is 0.0842 e. The van der Waals surface area contributed by atoms with Gasteiger partial charge in [-0.1, -0.05) is 13.3 Å². The Bertz CT molecular complexity index is 61.2. The van der Waals surface area contributed by atoms with Crippen LogP contribution in [0.5, 0.6) is 0 Å². The number of epoxide rings is 1. The van der Waals surface area contributed by atoms with E-state index in [1.165, 1.54) is 12.8 Å². The van der Waals surface area contributed by atoms with Gasteiger partial charge in [-0.2, -0.15) is 0 Å². The second-order valence-electron chi connectivity index (χ2n) is 2.00. The summed E-state index contributed by atoms with van der Waals surface area (Å²) in [5.41, 5.74) is 0. The molecule has 0 aromatic heterocycles. The summed E-state index contributed by atoms with van der Waals surface area (Å²) in [5.74, 6) is 0. The lowest BCUT2D eigenvalue weighted by Gasteiger charge is -1.81. The molecule has 0 aromatic rings. The second-order valence-corrected chi connectivity index (χ2v) is 2.00. The van der Waals surface area contributed by atoms with E-state index in [1.807, 2.05) is 0 Å².